The molecule has 2 aromatic heterocycles. The molecule has 0 aliphatic heterocycles. The highest BCUT2D eigenvalue weighted by Gasteiger charge is 2.25. The fourth-order valence-electron chi connectivity index (χ4n) is 4.59. The van der Waals surface area contributed by atoms with E-state index in [4.69, 9.17) is 0 Å². The Kier molecular flexibility index (Phi) is 8.39. The summed E-state index contributed by atoms with van der Waals surface area (Å²) in [7, 11) is 0. The molecule has 27 heavy (non-hydrogen) atoms. The van der Waals surface area contributed by atoms with Crippen LogP contribution in [0.15, 0.2) is 12.1 Å². The first-order chi connectivity index (χ1) is 13.2. The monoisotopic (exact) mass is 404 g/mol. The molecular formula is C24H36OS2. The van der Waals surface area contributed by atoms with Gasteiger partial charge in [-0.2, -0.15) is 0 Å². The Morgan fingerprint density at radius 3 is 2.48 bits per heavy atom. The SMILES string of the molecule is CCCCCc1cc2sc(C(=O)CC3CCCC(CCCCC)C3)cc2s1. The second kappa shape index (κ2) is 10.8. The van der Waals surface area contributed by atoms with Crippen LogP contribution in [-0.2, 0) is 6.42 Å². The quantitative estimate of drug-likeness (QED) is 0.270. The number of thiophene rings is 2. The molecule has 2 atom stereocenters. The highest BCUT2D eigenvalue weighted by atomic mass is 32.1. The molecule has 0 aromatic carbocycles. The van der Waals surface area contributed by atoms with Crippen LogP contribution in [0, 0.1) is 11.8 Å². The first kappa shape index (κ1) is 21.0. The minimum Gasteiger partial charge on any atom is -0.293 e. The first-order valence-corrected chi connectivity index (χ1v) is 12.9. The van der Waals surface area contributed by atoms with E-state index in [-0.39, 0.29) is 0 Å². The molecule has 1 aliphatic carbocycles. The number of unbranched alkanes of at least 4 members (excludes halogenated alkanes) is 4. The minimum absolute atomic E-state index is 0.398. The average Bonchev–Trinajstić information content (AvgIpc) is 3.21. The van der Waals surface area contributed by atoms with Crippen molar-refractivity contribution < 1.29 is 4.79 Å². The second-order valence-corrected chi connectivity index (χ2v) is 10.8. The van der Waals surface area contributed by atoms with E-state index in [0.29, 0.717) is 11.7 Å². The summed E-state index contributed by atoms with van der Waals surface area (Å²) in [5.41, 5.74) is 0. The molecular weight excluding hydrogens is 368 g/mol. The van der Waals surface area contributed by atoms with Crippen LogP contribution in [0.5, 0.6) is 0 Å². The molecule has 2 unspecified atom stereocenters. The Hall–Kier alpha value is -0.670. The van der Waals surface area contributed by atoms with Crippen molar-refractivity contribution in [3.8, 4) is 0 Å². The second-order valence-electron chi connectivity index (χ2n) is 8.53. The molecule has 3 rings (SSSR count). The van der Waals surface area contributed by atoms with Crippen LogP contribution in [0.3, 0.4) is 0 Å². The Labute approximate surface area is 173 Å². The largest absolute Gasteiger partial charge is 0.293 e. The van der Waals surface area contributed by atoms with Gasteiger partial charge in [0.05, 0.1) is 4.88 Å². The molecule has 1 fully saturated rings. The van der Waals surface area contributed by atoms with Crippen molar-refractivity contribution in [1.29, 1.82) is 0 Å². The van der Waals surface area contributed by atoms with E-state index in [1.807, 2.05) is 11.3 Å². The number of carbonyl (C=O) groups excluding carboxylic acids is 1. The van der Waals surface area contributed by atoms with Crippen LogP contribution in [0.25, 0.3) is 9.40 Å². The molecule has 2 heterocycles. The van der Waals surface area contributed by atoms with Gasteiger partial charge in [-0.05, 0) is 49.7 Å². The van der Waals surface area contributed by atoms with Gasteiger partial charge < -0.3 is 0 Å². The number of hydrogen-bond donors (Lipinski definition) is 0. The number of ketones is 1. The van der Waals surface area contributed by atoms with E-state index >= 15 is 0 Å². The van der Waals surface area contributed by atoms with Gasteiger partial charge in [0.25, 0.3) is 0 Å². The Bertz CT molecular complexity index is 680. The highest BCUT2D eigenvalue weighted by Crippen LogP contribution is 2.38. The number of hydrogen-bond acceptors (Lipinski definition) is 3. The minimum atomic E-state index is 0.398. The van der Waals surface area contributed by atoms with Crippen LogP contribution in [0.1, 0.15) is 105 Å². The van der Waals surface area contributed by atoms with Gasteiger partial charge in [-0.1, -0.05) is 65.2 Å². The van der Waals surface area contributed by atoms with Crippen molar-refractivity contribution in [3.63, 3.8) is 0 Å². The molecule has 2 aromatic rings. The van der Waals surface area contributed by atoms with Crippen molar-refractivity contribution >= 4 is 37.9 Å². The zero-order chi connectivity index (χ0) is 19.1. The number of fused-ring (bicyclic) bond motifs is 1. The normalized spacial score (nSPS) is 20.4. The molecule has 1 nitrogen and oxygen atoms in total. The summed E-state index contributed by atoms with van der Waals surface area (Å²) in [4.78, 5) is 15.4. The molecule has 150 valence electrons. The van der Waals surface area contributed by atoms with Gasteiger partial charge >= 0.3 is 0 Å². The Morgan fingerprint density at radius 1 is 0.963 bits per heavy atom. The maximum absolute atomic E-state index is 12.9. The van der Waals surface area contributed by atoms with Gasteiger partial charge in [-0.25, -0.2) is 0 Å². The van der Waals surface area contributed by atoms with Gasteiger partial charge in [0, 0.05) is 20.7 Å². The van der Waals surface area contributed by atoms with Crippen LogP contribution in [-0.4, -0.2) is 5.78 Å². The van der Waals surface area contributed by atoms with Gasteiger partial charge in [-0.3, -0.25) is 4.79 Å². The molecule has 0 radical (unpaired) electrons. The number of rotatable bonds is 11. The smallest absolute Gasteiger partial charge is 0.173 e. The van der Waals surface area contributed by atoms with Gasteiger partial charge in [0.1, 0.15) is 0 Å². The lowest BCUT2D eigenvalue weighted by Gasteiger charge is -2.28. The summed E-state index contributed by atoms with van der Waals surface area (Å²) in [6.07, 6.45) is 16.6. The molecule has 1 saturated carbocycles. The fourth-order valence-corrected chi connectivity index (χ4v) is 7.00. The number of carbonyl (C=O) groups is 1. The van der Waals surface area contributed by atoms with Crippen LogP contribution in [0.2, 0.25) is 0 Å². The van der Waals surface area contributed by atoms with Gasteiger partial charge in [0.15, 0.2) is 5.78 Å². The lowest BCUT2D eigenvalue weighted by molar-refractivity contribution is 0.0942. The van der Waals surface area contributed by atoms with Crippen molar-refractivity contribution in [3.05, 3.63) is 21.9 Å². The van der Waals surface area contributed by atoms with E-state index in [0.717, 1.165) is 17.2 Å². The van der Waals surface area contributed by atoms with Crippen LogP contribution < -0.4 is 0 Å². The zero-order valence-corrected chi connectivity index (χ0v) is 18.9. The summed E-state index contributed by atoms with van der Waals surface area (Å²) in [5, 5.41) is 0. The van der Waals surface area contributed by atoms with E-state index in [1.165, 1.54) is 91.3 Å². The predicted molar refractivity (Wildman–Crippen MR) is 121 cm³/mol. The van der Waals surface area contributed by atoms with E-state index in [2.05, 4.69) is 26.0 Å². The average molecular weight is 405 g/mol. The lowest BCUT2D eigenvalue weighted by Crippen LogP contribution is -2.18. The van der Waals surface area contributed by atoms with Crippen LogP contribution in [0.4, 0.5) is 0 Å². The third-order valence-electron chi connectivity index (χ3n) is 6.14. The maximum atomic E-state index is 12.9. The highest BCUT2D eigenvalue weighted by molar-refractivity contribution is 7.28. The molecule has 0 saturated heterocycles. The third-order valence-corrected chi connectivity index (χ3v) is 8.54. The van der Waals surface area contributed by atoms with Crippen molar-refractivity contribution in [1.82, 2.24) is 0 Å². The Morgan fingerprint density at radius 2 is 1.70 bits per heavy atom. The molecule has 0 N–H and O–H groups in total. The van der Waals surface area contributed by atoms with Crippen LogP contribution >= 0.6 is 22.7 Å². The summed E-state index contributed by atoms with van der Waals surface area (Å²) in [6.45, 7) is 4.53. The van der Waals surface area contributed by atoms with Gasteiger partial charge in [0.2, 0.25) is 0 Å². The van der Waals surface area contributed by atoms with Gasteiger partial charge in [-0.15, -0.1) is 22.7 Å². The summed E-state index contributed by atoms with van der Waals surface area (Å²) >= 11 is 3.63. The van der Waals surface area contributed by atoms with Crippen molar-refractivity contribution in [2.24, 2.45) is 11.8 Å². The number of aryl methyl sites for hydroxylation is 1. The standard InChI is InChI=1S/C24H36OS2/c1-3-5-7-10-18-11-9-12-19(14-18)15-21(25)22-17-24-23(27-22)16-20(26-24)13-8-6-4-2/h16-19H,3-15H2,1-2H3. The first-order valence-electron chi connectivity index (χ1n) is 11.2. The van der Waals surface area contributed by atoms with E-state index < -0.39 is 0 Å². The summed E-state index contributed by atoms with van der Waals surface area (Å²) in [5.74, 6) is 1.90. The van der Waals surface area contributed by atoms with E-state index in [9.17, 15) is 4.79 Å². The van der Waals surface area contributed by atoms with Crippen molar-refractivity contribution in [2.75, 3.05) is 0 Å². The fraction of sp³-hybridized carbons (Fsp3) is 0.708. The number of Topliss-reactive ketones (excluding diaryl/α,β-unsaturated/α-hetero) is 1. The summed E-state index contributed by atoms with van der Waals surface area (Å²) in [6, 6.07) is 4.51. The molecule has 0 bridgehead atoms. The predicted octanol–water partition coefficient (Wildman–Crippen LogP) is 8.66. The zero-order valence-electron chi connectivity index (χ0n) is 17.2. The molecule has 3 heteroatoms. The van der Waals surface area contributed by atoms with Crippen molar-refractivity contribution in [2.45, 2.75) is 97.3 Å². The van der Waals surface area contributed by atoms with E-state index in [1.54, 1.807) is 11.3 Å². The topological polar surface area (TPSA) is 17.1 Å². The summed E-state index contributed by atoms with van der Waals surface area (Å²) < 4.78 is 2.66. The Balaban J connectivity index is 1.52. The molecule has 0 spiro atoms. The third kappa shape index (κ3) is 6.15. The molecule has 0 amide bonds. The molecule has 1 aliphatic rings. The lowest BCUT2D eigenvalue weighted by atomic mass is 9.77. The maximum Gasteiger partial charge on any atom is 0.173 e.